The van der Waals surface area contributed by atoms with Crippen LogP contribution in [-0.4, -0.2) is 28.9 Å². The number of amides is 1. The lowest BCUT2D eigenvalue weighted by atomic mass is 9.95. The molecule has 0 bridgehead atoms. The van der Waals surface area contributed by atoms with E-state index in [0.717, 1.165) is 43.4 Å². The number of nitrogens with zero attached hydrogens (tertiary/aromatic N) is 4. The van der Waals surface area contributed by atoms with Crippen LogP contribution in [0.15, 0.2) is 57.3 Å². The molecule has 0 spiro atoms. The van der Waals surface area contributed by atoms with Gasteiger partial charge in [-0.25, -0.2) is 23.5 Å². The van der Waals surface area contributed by atoms with Crippen LogP contribution in [0.2, 0.25) is 0 Å². The molecule has 2 aromatic carbocycles. The van der Waals surface area contributed by atoms with E-state index in [1.807, 2.05) is 0 Å². The minimum atomic E-state index is -3.86. The number of nitro benzene ring substituents is 1. The van der Waals surface area contributed by atoms with Gasteiger partial charge >= 0.3 is 0 Å². The molecular formula is C23H21N5O6S2. The number of rotatable bonds is 5. The number of non-ortho nitro benzene ring substituents is 1. The molecule has 11 nitrogen and oxygen atoms in total. The number of aromatic hydroxyl groups is 1. The van der Waals surface area contributed by atoms with Gasteiger partial charge in [0.2, 0.25) is 15.9 Å². The first-order valence-corrected chi connectivity index (χ1v) is 13.5. The van der Waals surface area contributed by atoms with E-state index >= 15 is 0 Å². The van der Waals surface area contributed by atoms with Gasteiger partial charge in [0.1, 0.15) is 4.88 Å². The van der Waals surface area contributed by atoms with Crippen molar-refractivity contribution in [1.29, 1.82) is 0 Å². The van der Waals surface area contributed by atoms with Crippen molar-refractivity contribution < 1.29 is 23.2 Å². The summed E-state index contributed by atoms with van der Waals surface area (Å²) in [7, 11) is -3.86. The van der Waals surface area contributed by atoms with Crippen LogP contribution in [0, 0.1) is 10.1 Å². The SMILES string of the molecule is NS(=O)(=O)c1ccc(N=c2sc(C3=c4cc([N+](=O)[O-])ccc4=NC3=O)c(O)n2C2CCCCC2)cc1. The zero-order chi connectivity index (χ0) is 25.6. The Hall–Kier alpha value is -3.68. The first-order valence-electron chi connectivity index (χ1n) is 11.2. The van der Waals surface area contributed by atoms with Crippen LogP contribution >= 0.6 is 11.3 Å². The molecule has 0 saturated heterocycles. The number of sulfonamides is 1. The van der Waals surface area contributed by atoms with E-state index in [4.69, 9.17) is 5.14 Å². The quantitative estimate of drug-likeness (QED) is 0.379. The lowest BCUT2D eigenvalue weighted by Gasteiger charge is -2.23. The topological polar surface area (TPSA) is 170 Å². The van der Waals surface area contributed by atoms with E-state index in [-0.39, 0.29) is 38.2 Å². The maximum atomic E-state index is 12.9. The van der Waals surface area contributed by atoms with Crippen LogP contribution in [0.1, 0.15) is 43.0 Å². The Morgan fingerprint density at radius 3 is 2.47 bits per heavy atom. The number of hydrogen-bond donors (Lipinski definition) is 2. The zero-order valence-electron chi connectivity index (χ0n) is 18.8. The van der Waals surface area contributed by atoms with Crippen LogP contribution in [0.3, 0.4) is 0 Å². The van der Waals surface area contributed by atoms with Gasteiger partial charge in [-0.3, -0.25) is 19.5 Å². The van der Waals surface area contributed by atoms with Gasteiger partial charge in [0.05, 0.1) is 26.4 Å². The van der Waals surface area contributed by atoms with Crippen molar-refractivity contribution in [2.45, 2.75) is 43.0 Å². The van der Waals surface area contributed by atoms with Gasteiger partial charge in [-0.1, -0.05) is 30.6 Å². The average molecular weight is 528 g/mol. The summed E-state index contributed by atoms with van der Waals surface area (Å²) in [6, 6.07) is 9.62. The Morgan fingerprint density at radius 2 is 1.83 bits per heavy atom. The number of primary sulfonamides is 1. The maximum absolute atomic E-state index is 12.9. The Morgan fingerprint density at radius 1 is 1.14 bits per heavy atom. The van der Waals surface area contributed by atoms with Gasteiger partial charge in [-0.2, -0.15) is 0 Å². The molecular weight excluding hydrogens is 506 g/mol. The van der Waals surface area contributed by atoms with Crippen LogP contribution in [-0.2, 0) is 14.8 Å². The summed E-state index contributed by atoms with van der Waals surface area (Å²) in [6.07, 6.45) is 4.67. The second-order valence-corrected chi connectivity index (χ2v) is 11.1. The summed E-state index contributed by atoms with van der Waals surface area (Å²) in [4.78, 5) is 32.9. The fourth-order valence-corrected chi connectivity index (χ4v) is 6.22. The molecule has 1 fully saturated rings. The number of thiazole rings is 1. The second-order valence-electron chi connectivity index (χ2n) is 8.60. The lowest BCUT2D eigenvalue weighted by molar-refractivity contribution is -0.385. The van der Waals surface area contributed by atoms with Gasteiger partial charge in [-0.05, 0) is 43.2 Å². The molecule has 1 aliphatic heterocycles. The molecule has 36 heavy (non-hydrogen) atoms. The maximum Gasteiger partial charge on any atom is 0.279 e. The van der Waals surface area contributed by atoms with Crippen molar-refractivity contribution in [2.75, 3.05) is 0 Å². The van der Waals surface area contributed by atoms with Gasteiger partial charge < -0.3 is 5.11 Å². The predicted molar refractivity (Wildman–Crippen MR) is 131 cm³/mol. The molecule has 0 radical (unpaired) electrons. The highest BCUT2D eigenvalue weighted by Crippen LogP contribution is 2.36. The van der Waals surface area contributed by atoms with Crippen molar-refractivity contribution in [2.24, 2.45) is 15.1 Å². The van der Waals surface area contributed by atoms with Gasteiger partial charge in [0.25, 0.3) is 11.6 Å². The second kappa shape index (κ2) is 9.08. The molecule has 13 heteroatoms. The molecule has 5 rings (SSSR count). The molecule has 0 unspecified atom stereocenters. The minimum Gasteiger partial charge on any atom is -0.493 e. The summed E-state index contributed by atoms with van der Waals surface area (Å²) < 4.78 is 24.9. The van der Waals surface area contributed by atoms with Gasteiger partial charge in [0, 0.05) is 23.4 Å². The number of hydrogen-bond acceptors (Lipinski definition) is 8. The standard InChI is InChI=1S/C23H21N5O6S2/c24-36(33,34)16-9-6-13(7-10-16)25-23-27(14-4-2-1-3-5-14)22(30)20(35-23)19-17-12-15(28(31)32)8-11-18(17)26-21(19)29/h6-12,14,30H,1-5H2,(H2,24,33,34). The molecule has 1 amide bonds. The third-order valence-electron chi connectivity index (χ3n) is 6.28. The van der Waals surface area contributed by atoms with E-state index in [2.05, 4.69) is 9.98 Å². The van der Waals surface area contributed by atoms with E-state index in [9.17, 15) is 28.4 Å². The van der Waals surface area contributed by atoms with Crippen molar-refractivity contribution in [3.8, 4) is 5.88 Å². The monoisotopic (exact) mass is 527 g/mol. The highest BCUT2D eigenvalue weighted by Gasteiger charge is 2.29. The third kappa shape index (κ3) is 4.36. The first kappa shape index (κ1) is 24.0. The molecule has 1 aromatic heterocycles. The number of aromatic nitrogens is 1. The molecule has 186 valence electrons. The van der Waals surface area contributed by atoms with Gasteiger partial charge in [-0.15, -0.1) is 0 Å². The van der Waals surface area contributed by atoms with Crippen molar-refractivity contribution in [3.63, 3.8) is 0 Å². The number of carbonyl (C=O) groups is 1. The lowest BCUT2D eigenvalue weighted by Crippen LogP contribution is -2.23. The Balaban J connectivity index is 1.73. The van der Waals surface area contributed by atoms with Crippen molar-refractivity contribution in [1.82, 2.24) is 4.57 Å². The van der Waals surface area contributed by atoms with Crippen LogP contribution in [0.4, 0.5) is 11.4 Å². The first-order chi connectivity index (χ1) is 17.1. The minimum absolute atomic E-state index is 0.0511. The summed E-state index contributed by atoms with van der Waals surface area (Å²) >= 11 is 1.08. The molecule has 2 heterocycles. The Kier molecular flexibility index (Phi) is 6.06. The molecule has 0 atom stereocenters. The van der Waals surface area contributed by atoms with E-state index in [1.54, 1.807) is 4.57 Å². The summed E-state index contributed by atoms with van der Waals surface area (Å²) in [5.74, 6) is -0.744. The van der Waals surface area contributed by atoms with Crippen molar-refractivity contribution >= 4 is 44.2 Å². The zero-order valence-corrected chi connectivity index (χ0v) is 20.5. The number of carbonyl (C=O) groups excluding carboxylic acids is 1. The van der Waals surface area contributed by atoms with E-state index in [0.29, 0.717) is 15.8 Å². The van der Waals surface area contributed by atoms with Gasteiger partial charge in [0.15, 0.2) is 4.80 Å². The highest BCUT2D eigenvalue weighted by molar-refractivity contribution is 7.89. The molecule has 3 N–H and O–H groups in total. The fraction of sp³-hybridized carbons (Fsp3) is 0.261. The fourth-order valence-electron chi connectivity index (χ4n) is 4.55. The third-order valence-corrected chi connectivity index (χ3v) is 8.27. The summed E-state index contributed by atoms with van der Waals surface area (Å²) in [5, 5.41) is 28.4. The molecule has 1 saturated carbocycles. The number of nitrogens with two attached hydrogens (primary N) is 1. The molecule has 3 aromatic rings. The van der Waals surface area contributed by atoms with Crippen LogP contribution in [0.25, 0.3) is 5.57 Å². The van der Waals surface area contributed by atoms with E-state index in [1.165, 1.54) is 42.5 Å². The molecule has 2 aliphatic rings. The smallest absolute Gasteiger partial charge is 0.279 e. The summed E-state index contributed by atoms with van der Waals surface area (Å²) in [5.41, 5.74) is 0.335. The normalized spacial score (nSPS) is 16.8. The number of nitro groups is 1. The number of fused-ring (bicyclic) bond motifs is 1. The number of benzene rings is 2. The van der Waals surface area contributed by atoms with E-state index < -0.39 is 20.9 Å². The van der Waals surface area contributed by atoms with Crippen molar-refractivity contribution in [3.05, 3.63) is 72.8 Å². The van der Waals surface area contributed by atoms with Crippen LogP contribution in [0.5, 0.6) is 5.88 Å². The predicted octanol–water partition coefficient (Wildman–Crippen LogP) is 1.91. The molecule has 1 aliphatic carbocycles. The Bertz CT molecular complexity index is 1700. The Labute approximate surface area is 208 Å². The highest BCUT2D eigenvalue weighted by atomic mass is 32.2. The largest absolute Gasteiger partial charge is 0.493 e. The van der Waals surface area contributed by atoms with Crippen LogP contribution < -0.4 is 20.5 Å². The summed E-state index contributed by atoms with van der Waals surface area (Å²) in [6.45, 7) is 0. The average Bonchev–Trinajstić information content (AvgIpc) is 3.33.